The molecule has 0 fully saturated rings. The van der Waals surface area contributed by atoms with Crippen LogP contribution in [0.15, 0.2) is 34.8 Å². The van der Waals surface area contributed by atoms with Crippen molar-refractivity contribution < 1.29 is 13.2 Å². The van der Waals surface area contributed by atoms with Crippen LogP contribution in [-0.4, -0.2) is 14.5 Å². The smallest absolute Gasteiger partial charge is 0.329 e. The van der Waals surface area contributed by atoms with Crippen LogP contribution in [0.5, 0.6) is 0 Å². The first kappa shape index (κ1) is 13.2. The molecule has 0 aliphatic heterocycles. The number of halogens is 4. The van der Waals surface area contributed by atoms with Gasteiger partial charge in [0.15, 0.2) is 5.16 Å². The minimum atomic E-state index is -4.44. The van der Waals surface area contributed by atoms with E-state index < -0.39 is 11.7 Å². The lowest BCUT2D eigenvalue weighted by atomic mass is 10.3. The largest absolute Gasteiger partial charge is 0.417 e. The zero-order valence-electron chi connectivity index (χ0n) is 9.07. The summed E-state index contributed by atoms with van der Waals surface area (Å²) in [6, 6.07) is 0.861. The maximum Gasteiger partial charge on any atom is 0.417 e. The summed E-state index contributed by atoms with van der Waals surface area (Å²) in [5.74, 6) is 0. The van der Waals surface area contributed by atoms with E-state index in [1.165, 1.54) is 0 Å². The molecule has 2 rings (SSSR count). The maximum atomic E-state index is 12.4. The summed E-state index contributed by atoms with van der Waals surface area (Å²) in [5.41, 5.74) is -0.864. The van der Waals surface area contributed by atoms with Crippen LogP contribution in [0.2, 0.25) is 5.02 Å². The minimum absolute atomic E-state index is 0.0437. The zero-order chi connectivity index (χ0) is 13.3. The van der Waals surface area contributed by atoms with Crippen LogP contribution in [0.1, 0.15) is 5.56 Å². The Morgan fingerprint density at radius 2 is 2.06 bits per heavy atom. The molecule has 8 heteroatoms. The van der Waals surface area contributed by atoms with E-state index in [0.29, 0.717) is 10.2 Å². The Morgan fingerprint density at radius 1 is 1.33 bits per heavy atom. The van der Waals surface area contributed by atoms with Crippen molar-refractivity contribution >= 4 is 23.4 Å². The third-order valence-electron chi connectivity index (χ3n) is 2.10. The van der Waals surface area contributed by atoms with Crippen molar-refractivity contribution in [2.45, 2.75) is 16.4 Å². The molecule has 0 N–H and O–H groups in total. The lowest BCUT2D eigenvalue weighted by molar-refractivity contribution is -0.137. The summed E-state index contributed by atoms with van der Waals surface area (Å²) in [4.78, 5) is 7.75. The lowest BCUT2D eigenvalue weighted by Crippen LogP contribution is -2.05. The van der Waals surface area contributed by atoms with E-state index in [4.69, 9.17) is 11.6 Å². The summed E-state index contributed by atoms with van der Waals surface area (Å²) in [7, 11) is 1.77. The zero-order valence-corrected chi connectivity index (χ0v) is 10.6. The lowest BCUT2D eigenvalue weighted by Gasteiger charge is -2.08. The number of alkyl halides is 3. The van der Waals surface area contributed by atoms with E-state index in [9.17, 15) is 13.2 Å². The predicted molar refractivity (Wildman–Crippen MR) is 61.6 cm³/mol. The number of aryl methyl sites for hydroxylation is 1. The highest BCUT2D eigenvalue weighted by atomic mass is 35.5. The monoisotopic (exact) mass is 293 g/mol. The second-order valence-electron chi connectivity index (χ2n) is 3.43. The number of aromatic nitrogens is 3. The SMILES string of the molecule is Cn1ccnc1Sc1ncc(C(F)(F)F)cc1Cl. The van der Waals surface area contributed by atoms with Gasteiger partial charge in [0.1, 0.15) is 5.03 Å². The van der Waals surface area contributed by atoms with Crippen LogP contribution in [0.3, 0.4) is 0 Å². The topological polar surface area (TPSA) is 30.7 Å². The van der Waals surface area contributed by atoms with E-state index in [-0.39, 0.29) is 5.02 Å². The maximum absolute atomic E-state index is 12.4. The third-order valence-corrected chi connectivity index (χ3v) is 3.59. The highest BCUT2D eigenvalue weighted by Crippen LogP contribution is 2.35. The Hall–Kier alpha value is -1.21. The van der Waals surface area contributed by atoms with Crippen LogP contribution in [0, 0.1) is 0 Å². The molecule has 0 spiro atoms. The first-order valence-electron chi connectivity index (χ1n) is 4.76. The molecule has 0 saturated heterocycles. The molecule has 0 aliphatic carbocycles. The van der Waals surface area contributed by atoms with Crippen LogP contribution in [-0.2, 0) is 13.2 Å². The van der Waals surface area contributed by atoms with E-state index in [1.54, 1.807) is 24.0 Å². The first-order valence-corrected chi connectivity index (χ1v) is 5.95. The van der Waals surface area contributed by atoms with Gasteiger partial charge in [0.05, 0.1) is 10.6 Å². The Bertz CT molecular complexity index is 568. The van der Waals surface area contributed by atoms with E-state index in [2.05, 4.69) is 9.97 Å². The molecule has 0 radical (unpaired) electrons. The van der Waals surface area contributed by atoms with Crippen LogP contribution >= 0.6 is 23.4 Å². The molecule has 0 aliphatic rings. The number of rotatable bonds is 2. The predicted octanol–water partition coefficient (Wildman–Crippen LogP) is 3.64. The second kappa shape index (κ2) is 4.81. The average Bonchev–Trinajstić information content (AvgIpc) is 2.66. The molecule has 96 valence electrons. The summed E-state index contributed by atoms with van der Waals surface area (Å²) >= 11 is 6.89. The molecule has 0 unspecified atom stereocenters. The van der Waals surface area contributed by atoms with Crippen molar-refractivity contribution in [1.82, 2.24) is 14.5 Å². The van der Waals surface area contributed by atoms with Gasteiger partial charge < -0.3 is 4.57 Å². The molecule has 0 atom stereocenters. The van der Waals surface area contributed by atoms with Gasteiger partial charge in [-0.15, -0.1) is 0 Å². The molecule has 2 aromatic rings. The van der Waals surface area contributed by atoms with Gasteiger partial charge in [0.2, 0.25) is 0 Å². The van der Waals surface area contributed by atoms with Gasteiger partial charge in [0.25, 0.3) is 0 Å². The molecule has 0 bridgehead atoms. The fourth-order valence-electron chi connectivity index (χ4n) is 1.19. The number of imidazole rings is 1. The summed E-state index contributed by atoms with van der Waals surface area (Å²) in [5, 5.41) is 0.848. The van der Waals surface area contributed by atoms with Crippen molar-refractivity contribution in [2.75, 3.05) is 0 Å². The fraction of sp³-hybridized carbons (Fsp3) is 0.200. The summed E-state index contributed by atoms with van der Waals surface area (Å²) in [6.07, 6.45) is -0.374. The van der Waals surface area contributed by atoms with Gasteiger partial charge in [-0.1, -0.05) is 11.6 Å². The molecule has 0 saturated carbocycles. The van der Waals surface area contributed by atoms with E-state index in [0.717, 1.165) is 24.0 Å². The molecule has 2 heterocycles. The number of hydrogen-bond acceptors (Lipinski definition) is 3. The van der Waals surface area contributed by atoms with Crippen LogP contribution in [0.25, 0.3) is 0 Å². The standard InChI is InChI=1S/C10H7ClF3N3S/c1-17-3-2-15-9(17)18-8-7(11)4-6(5-16-8)10(12,13)14/h2-5H,1H3. The van der Waals surface area contributed by atoms with Crippen LogP contribution in [0.4, 0.5) is 13.2 Å². The third kappa shape index (κ3) is 2.78. The van der Waals surface area contributed by atoms with Gasteiger partial charge in [0, 0.05) is 25.6 Å². The highest BCUT2D eigenvalue weighted by molar-refractivity contribution is 7.99. The number of hydrogen-bond donors (Lipinski definition) is 0. The van der Waals surface area contributed by atoms with Crippen LogP contribution < -0.4 is 0 Å². The van der Waals surface area contributed by atoms with Crippen molar-refractivity contribution in [3.63, 3.8) is 0 Å². The van der Waals surface area contributed by atoms with Crippen molar-refractivity contribution in [3.8, 4) is 0 Å². The summed E-state index contributed by atoms with van der Waals surface area (Å²) in [6.45, 7) is 0. The molecular weight excluding hydrogens is 287 g/mol. The summed E-state index contributed by atoms with van der Waals surface area (Å²) < 4.78 is 39.0. The fourth-order valence-corrected chi connectivity index (χ4v) is 2.23. The van der Waals surface area contributed by atoms with Gasteiger partial charge in [-0.05, 0) is 17.8 Å². The highest BCUT2D eigenvalue weighted by Gasteiger charge is 2.31. The normalized spacial score (nSPS) is 11.8. The quantitative estimate of drug-likeness (QED) is 0.847. The number of nitrogens with zero attached hydrogens (tertiary/aromatic N) is 3. The molecule has 18 heavy (non-hydrogen) atoms. The average molecular weight is 294 g/mol. The van der Waals surface area contributed by atoms with Crippen molar-refractivity contribution in [2.24, 2.45) is 7.05 Å². The van der Waals surface area contributed by atoms with Crippen molar-refractivity contribution in [1.29, 1.82) is 0 Å². The minimum Gasteiger partial charge on any atom is -0.329 e. The van der Waals surface area contributed by atoms with Gasteiger partial charge >= 0.3 is 6.18 Å². The Morgan fingerprint density at radius 3 is 2.56 bits per heavy atom. The Balaban J connectivity index is 2.29. The molecule has 2 aromatic heterocycles. The van der Waals surface area contributed by atoms with Gasteiger partial charge in [-0.25, -0.2) is 9.97 Å². The molecule has 3 nitrogen and oxygen atoms in total. The van der Waals surface area contributed by atoms with Gasteiger partial charge in [-0.2, -0.15) is 13.2 Å². The molecular formula is C10H7ClF3N3S. The van der Waals surface area contributed by atoms with Gasteiger partial charge in [-0.3, -0.25) is 0 Å². The van der Waals surface area contributed by atoms with E-state index >= 15 is 0 Å². The molecule has 0 aromatic carbocycles. The van der Waals surface area contributed by atoms with Crippen molar-refractivity contribution in [3.05, 3.63) is 35.2 Å². The molecule has 0 amide bonds. The Kier molecular flexibility index (Phi) is 3.54. The first-order chi connectivity index (χ1) is 8.38. The van der Waals surface area contributed by atoms with E-state index in [1.807, 2.05) is 0 Å². The Labute approximate surface area is 110 Å². The second-order valence-corrected chi connectivity index (χ2v) is 4.79. The number of pyridine rings is 1.